The van der Waals surface area contributed by atoms with Crippen molar-refractivity contribution in [1.82, 2.24) is 4.90 Å². The highest BCUT2D eigenvalue weighted by molar-refractivity contribution is 5.99. The number of carbonyl (C=O) groups excluding carboxylic acids is 2. The first-order valence-electron chi connectivity index (χ1n) is 6.64. The molecule has 1 amide bonds. The average molecular weight is 261 g/mol. The molecule has 104 valence electrons. The number of amides is 1. The summed E-state index contributed by atoms with van der Waals surface area (Å²) in [6, 6.07) is 4.07. The first-order valence-corrected chi connectivity index (χ1v) is 6.64. The molecule has 0 spiro atoms. The molecule has 1 aromatic rings. The molecule has 0 bridgehead atoms. The van der Waals surface area contributed by atoms with Crippen molar-refractivity contribution in [2.24, 2.45) is 0 Å². The maximum absolute atomic E-state index is 12.2. The second kappa shape index (κ2) is 6.50. The molecule has 0 aliphatic carbocycles. The monoisotopic (exact) mass is 261 g/mol. The summed E-state index contributed by atoms with van der Waals surface area (Å²) in [5.74, 6) is 0.215. The van der Waals surface area contributed by atoms with Crippen molar-refractivity contribution in [2.45, 2.75) is 40.0 Å². The van der Waals surface area contributed by atoms with Gasteiger partial charge in [0.1, 0.15) is 0 Å². The van der Waals surface area contributed by atoms with Gasteiger partial charge >= 0.3 is 0 Å². The fourth-order valence-electron chi connectivity index (χ4n) is 2.37. The van der Waals surface area contributed by atoms with Crippen LogP contribution in [0.1, 0.15) is 46.3 Å². The van der Waals surface area contributed by atoms with E-state index >= 15 is 0 Å². The van der Waals surface area contributed by atoms with Crippen LogP contribution in [-0.2, 0) is 4.79 Å². The van der Waals surface area contributed by atoms with Crippen LogP contribution < -0.4 is 0 Å². The summed E-state index contributed by atoms with van der Waals surface area (Å²) in [6.45, 7) is 5.97. The Labute approximate surface area is 115 Å². The molecular weight excluding hydrogens is 238 g/mol. The van der Waals surface area contributed by atoms with E-state index in [4.69, 9.17) is 0 Å². The normalized spacial score (nSPS) is 10.4. The van der Waals surface area contributed by atoms with E-state index in [1.54, 1.807) is 19.0 Å². The second-order valence-electron chi connectivity index (χ2n) is 5.34. The molecule has 0 fully saturated rings. The Morgan fingerprint density at radius 1 is 1.00 bits per heavy atom. The fraction of sp³-hybridized carbons (Fsp3) is 0.500. The molecule has 0 atom stereocenters. The smallest absolute Gasteiger partial charge is 0.222 e. The standard InChI is InChI=1S/C16H23NO2/c1-11-9-12(2)16(13(3)10-11)14(18)7-6-8-15(19)17(4)5/h9-10H,6-8H2,1-5H3. The van der Waals surface area contributed by atoms with Gasteiger partial charge in [-0.05, 0) is 38.3 Å². The van der Waals surface area contributed by atoms with Gasteiger partial charge in [0, 0.05) is 32.5 Å². The van der Waals surface area contributed by atoms with E-state index in [9.17, 15) is 9.59 Å². The number of benzene rings is 1. The minimum Gasteiger partial charge on any atom is -0.349 e. The number of hydrogen-bond acceptors (Lipinski definition) is 2. The molecule has 0 aliphatic heterocycles. The Morgan fingerprint density at radius 3 is 2.00 bits per heavy atom. The van der Waals surface area contributed by atoms with E-state index in [1.807, 2.05) is 32.9 Å². The largest absolute Gasteiger partial charge is 0.349 e. The van der Waals surface area contributed by atoms with Gasteiger partial charge in [-0.2, -0.15) is 0 Å². The van der Waals surface area contributed by atoms with Crippen molar-refractivity contribution >= 4 is 11.7 Å². The Kier molecular flexibility index (Phi) is 5.28. The van der Waals surface area contributed by atoms with E-state index in [1.165, 1.54) is 5.56 Å². The van der Waals surface area contributed by atoms with Crippen LogP contribution in [0, 0.1) is 20.8 Å². The summed E-state index contributed by atoms with van der Waals surface area (Å²) in [6.07, 6.45) is 1.48. The van der Waals surface area contributed by atoms with Gasteiger partial charge in [0.2, 0.25) is 5.91 Å². The lowest BCUT2D eigenvalue weighted by atomic mass is 9.94. The van der Waals surface area contributed by atoms with E-state index < -0.39 is 0 Å². The molecule has 1 aromatic carbocycles. The van der Waals surface area contributed by atoms with Crippen LogP contribution in [-0.4, -0.2) is 30.7 Å². The molecule has 0 saturated heterocycles. The molecule has 0 N–H and O–H groups in total. The van der Waals surface area contributed by atoms with Gasteiger partial charge < -0.3 is 4.90 Å². The average Bonchev–Trinajstić information content (AvgIpc) is 2.26. The van der Waals surface area contributed by atoms with Crippen LogP contribution in [0.15, 0.2) is 12.1 Å². The molecular formula is C16H23NO2. The van der Waals surface area contributed by atoms with Crippen LogP contribution in [0.5, 0.6) is 0 Å². The minimum atomic E-state index is 0.0742. The predicted octanol–water partition coefficient (Wildman–Crippen LogP) is 3.05. The summed E-state index contributed by atoms with van der Waals surface area (Å²) < 4.78 is 0. The number of aryl methyl sites for hydroxylation is 3. The SMILES string of the molecule is Cc1cc(C)c(C(=O)CCCC(=O)N(C)C)c(C)c1. The third kappa shape index (κ3) is 4.19. The van der Waals surface area contributed by atoms with Gasteiger partial charge in [-0.1, -0.05) is 17.7 Å². The lowest BCUT2D eigenvalue weighted by Crippen LogP contribution is -2.21. The number of nitrogens with zero attached hydrogens (tertiary/aromatic N) is 1. The highest BCUT2D eigenvalue weighted by Crippen LogP contribution is 2.19. The van der Waals surface area contributed by atoms with Crippen LogP contribution in [0.4, 0.5) is 0 Å². The van der Waals surface area contributed by atoms with Gasteiger partial charge in [0.05, 0.1) is 0 Å². The molecule has 0 saturated carbocycles. The summed E-state index contributed by atoms with van der Waals surface area (Å²) >= 11 is 0. The van der Waals surface area contributed by atoms with Crippen molar-refractivity contribution in [1.29, 1.82) is 0 Å². The van der Waals surface area contributed by atoms with E-state index in [0.717, 1.165) is 16.7 Å². The Balaban J connectivity index is 2.67. The molecule has 3 nitrogen and oxygen atoms in total. The predicted molar refractivity (Wildman–Crippen MR) is 77.5 cm³/mol. The highest BCUT2D eigenvalue weighted by Gasteiger charge is 2.13. The van der Waals surface area contributed by atoms with E-state index in [0.29, 0.717) is 19.3 Å². The zero-order valence-corrected chi connectivity index (χ0v) is 12.5. The van der Waals surface area contributed by atoms with Crippen LogP contribution in [0.3, 0.4) is 0 Å². The number of carbonyl (C=O) groups is 2. The number of ketones is 1. The quantitative estimate of drug-likeness (QED) is 0.764. The number of rotatable bonds is 5. The van der Waals surface area contributed by atoms with Gasteiger partial charge in [-0.25, -0.2) is 0 Å². The molecule has 0 unspecified atom stereocenters. The van der Waals surface area contributed by atoms with Crippen molar-refractivity contribution in [2.75, 3.05) is 14.1 Å². The summed E-state index contributed by atoms with van der Waals surface area (Å²) in [5.41, 5.74) is 4.06. The van der Waals surface area contributed by atoms with Crippen LogP contribution in [0.25, 0.3) is 0 Å². The number of Topliss-reactive ketones (excluding diaryl/α,β-unsaturated/α-hetero) is 1. The van der Waals surface area contributed by atoms with Crippen LogP contribution in [0.2, 0.25) is 0 Å². The molecule has 0 heterocycles. The van der Waals surface area contributed by atoms with Gasteiger partial charge in [-0.15, -0.1) is 0 Å². The second-order valence-corrected chi connectivity index (χ2v) is 5.34. The molecule has 3 heteroatoms. The van der Waals surface area contributed by atoms with Gasteiger partial charge in [0.25, 0.3) is 0 Å². The molecule has 1 rings (SSSR count). The molecule has 19 heavy (non-hydrogen) atoms. The first-order chi connectivity index (χ1) is 8.82. The van der Waals surface area contributed by atoms with Crippen molar-refractivity contribution in [3.8, 4) is 0 Å². The Bertz CT molecular complexity index is 467. The highest BCUT2D eigenvalue weighted by atomic mass is 16.2. The van der Waals surface area contributed by atoms with Crippen molar-refractivity contribution in [3.63, 3.8) is 0 Å². The lowest BCUT2D eigenvalue weighted by molar-refractivity contribution is -0.128. The van der Waals surface area contributed by atoms with E-state index in [2.05, 4.69) is 0 Å². The maximum atomic E-state index is 12.2. The molecule has 0 aliphatic rings. The van der Waals surface area contributed by atoms with Gasteiger partial charge in [-0.3, -0.25) is 9.59 Å². The summed E-state index contributed by atoms with van der Waals surface area (Å²) in [4.78, 5) is 25.2. The third-order valence-electron chi connectivity index (χ3n) is 3.25. The minimum absolute atomic E-state index is 0.0742. The zero-order chi connectivity index (χ0) is 14.6. The molecule has 0 aromatic heterocycles. The molecule has 0 radical (unpaired) electrons. The van der Waals surface area contributed by atoms with Crippen LogP contribution >= 0.6 is 0 Å². The van der Waals surface area contributed by atoms with E-state index in [-0.39, 0.29) is 11.7 Å². The topological polar surface area (TPSA) is 37.4 Å². The summed E-state index contributed by atoms with van der Waals surface area (Å²) in [7, 11) is 3.47. The fourth-order valence-corrected chi connectivity index (χ4v) is 2.37. The van der Waals surface area contributed by atoms with Gasteiger partial charge in [0.15, 0.2) is 5.78 Å². The zero-order valence-electron chi connectivity index (χ0n) is 12.5. The third-order valence-corrected chi connectivity index (χ3v) is 3.25. The maximum Gasteiger partial charge on any atom is 0.222 e. The van der Waals surface area contributed by atoms with Crippen molar-refractivity contribution < 1.29 is 9.59 Å². The number of hydrogen-bond donors (Lipinski definition) is 0. The Hall–Kier alpha value is -1.64. The lowest BCUT2D eigenvalue weighted by Gasteiger charge is -2.11. The van der Waals surface area contributed by atoms with Crippen molar-refractivity contribution in [3.05, 3.63) is 34.4 Å². The first kappa shape index (κ1) is 15.4. The summed E-state index contributed by atoms with van der Waals surface area (Å²) in [5, 5.41) is 0. The Morgan fingerprint density at radius 2 is 1.53 bits per heavy atom.